The molecule has 2 aromatic rings. The van der Waals surface area contributed by atoms with Crippen LogP contribution in [0.1, 0.15) is 36.4 Å². The van der Waals surface area contributed by atoms with E-state index in [0.717, 1.165) is 24.1 Å². The highest BCUT2D eigenvalue weighted by molar-refractivity contribution is 5.14. The third kappa shape index (κ3) is 5.14. The molecular weight excluding hydrogens is 332 g/mol. The molecule has 3 unspecified atom stereocenters. The van der Waals surface area contributed by atoms with Gasteiger partial charge in [-0.1, -0.05) is 30.3 Å². The van der Waals surface area contributed by atoms with Gasteiger partial charge < -0.3 is 19.3 Å². The summed E-state index contributed by atoms with van der Waals surface area (Å²) in [5.74, 6) is 0.0695. The van der Waals surface area contributed by atoms with Crippen molar-refractivity contribution in [3.63, 3.8) is 0 Å². The first-order valence-corrected chi connectivity index (χ1v) is 9.20. The van der Waals surface area contributed by atoms with Crippen LogP contribution in [0.4, 0.5) is 0 Å². The van der Waals surface area contributed by atoms with E-state index in [2.05, 4.69) is 17.2 Å². The number of ether oxygens (including phenoxy) is 3. The van der Waals surface area contributed by atoms with Gasteiger partial charge in [0.05, 0.1) is 32.0 Å². The van der Waals surface area contributed by atoms with Crippen LogP contribution in [0.25, 0.3) is 0 Å². The predicted octanol–water partition coefficient (Wildman–Crippen LogP) is 2.72. The summed E-state index contributed by atoms with van der Waals surface area (Å²) in [7, 11) is 1.65. The summed E-state index contributed by atoms with van der Waals surface area (Å²) in [6.07, 6.45) is 3.89. The van der Waals surface area contributed by atoms with E-state index in [0.29, 0.717) is 33.0 Å². The molecule has 1 aromatic heterocycles. The first-order chi connectivity index (χ1) is 12.8. The average Bonchev–Trinajstić information content (AvgIpc) is 3.13. The Morgan fingerprint density at radius 3 is 2.77 bits per heavy atom. The smallest absolute Gasteiger partial charge is 0.139 e. The number of hydrogen-bond donors (Lipinski definition) is 1. The Morgan fingerprint density at radius 2 is 2.00 bits per heavy atom. The molecule has 1 heterocycles. The van der Waals surface area contributed by atoms with Gasteiger partial charge in [-0.25, -0.2) is 4.68 Å². The Morgan fingerprint density at radius 1 is 1.15 bits per heavy atom. The zero-order valence-electron chi connectivity index (χ0n) is 15.3. The second kappa shape index (κ2) is 9.83. The van der Waals surface area contributed by atoms with Gasteiger partial charge in [-0.3, -0.25) is 0 Å². The largest absolute Gasteiger partial charge is 0.392 e. The highest BCUT2D eigenvalue weighted by atomic mass is 16.5. The first kappa shape index (κ1) is 19.0. The predicted molar refractivity (Wildman–Crippen MR) is 97.7 cm³/mol. The Kier molecular flexibility index (Phi) is 7.20. The average molecular weight is 360 g/mol. The molecule has 3 rings (SSSR count). The number of aliphatic hydroxyl groups is 1. The fraction of sp³-hybridized carbons (Fsp3) is 0.550. The van der Waals surface area contributed by atoms with Crippen LogP contribution in [-0.2, 0) is 27.5 Å². The van der Waals surface area contributed by atoms with E-state index in [-0.39, 0.29) is 12.0 Å². The Balaban J connectivity index is 1.50. The number of aliphatic hydroxyl groups excluding tert-OH is 1. The lowest BCUT2D eigenvalue weighted by Gasteiger charge is -2.33. The molecule has 6 nitrogen and oxygen atoms in total. The molecule has 0 spiro atoms. The lowest BCUT2D eigenvalue weighted by atomic mass is 9.82. The molecular formula is C20H28N2O4. The minimum absolute atomic E-state index is 0.0695. The van der Waals surface area contributed by atoms with Crippen LogP contribution in [0.15, 0.2) is 42.6 Å². The maximum Gasteiger partial charge on any atom is 0.139 e. The van der Waals surface area contributed by atoms with Crippen molar-refractivity contribution >= 4 is 0 Å². The van der Waals surface area contributed by atoms with Crippen molar-refractivity contribution < 1.29 is 19.3 Å². The Bertz CT molecular complexity index is 646. The van der Waals surface area contributed by atoms with E-state index in [1.165, 1.54) is 0 Å². The summed E-state index contributed by atoms with van der Waals surface area (Å²) < 4.78 is 18.4. The number of aromatic nitrogens is 2. The third-order valence-electron chi connectivity index (χ3n) is 4.87. The number of hydrogen-bond acceptors (Lipinski definition) is 5. The standard InChI is InChI=1S/C20H28N2O4/c1-24-11-12-25-15-22-19(9-10-21-22)18-8-7-17(13-20(18)23)26-14-16-5-3-2-4-6-16/h2-6,9-10,17-18,20,23H,7-8,11-15H2,1H3. The van der Waals surface area contributed by atoms with E-state index in [9.17, 15) is 5.11 Å². The quantitative estimate of drug-likeness (QED) is 0.697. The number of nitrogens with zero attached hydrogens (tertiary/aromatic N) is 2. The maximum atomic E-state index is 10.7. The third-order valence-corrected chi connectivity index (χ3v) is 4.87. The van der Waals surface area contributed by atoms with Crippen LogP contribution < -0.4 is 0 Å². The number of benzene rings is 1. The zero-order valence-corrected chi connectivity index (χ0v) is 15.3. The molecule has 6 heteroatoms. The van der Waals surface area contributed by atoms with Gasteiger partial charge >= 0.3 is 0 Å². The molecule has 1 aliphatic rings. The number of methoxy groups -OCH3 is 1. The molecule has 0 amide bonds. The lowest BCUT2D eigenvalue weighted by Crippen LogP contribution is -2.33. The molecule has 1 fully saturated rings. The number of rotatable bonds is 9. The van der Waals surface area contributed by atoms with E-state index >= 15 is 0 Å². The van der Waals surface area contributed by atoms with Gasteiger partial charge in [-0.05, 0) is 24.5 Å². The van der Waals surface area contributed by atoms with Crippen LogP contribution in [-0.4, -0.2) is 47.4 Å². The van der Waals surface area contributed by atoms with Gasteiger partial charge in [0.25, 0.3) is 0 Å². The second-order valence-corrected chi connectivity index (χ2v) is 6.69. The zero-order chi connectivity index (χ0) is 18.2. The summed E-state index contributed by atoms with van der Waals surface area (Å²) in [5.41, 5.74) is 2.19. The van der Waals surface area contributed by atoms with Gasteiger partial charge in [0.2, 0.25) is 0 Å². The van der Waals surface area contributed by atoms with Gasteiger partial charge in [0, 0.05) is 31.3 Å². The van der Waals surface area contributed by atoms with E-state index in [1.54, 1.807) is 13.3 Å². The summed E-state index contributed by atoms with van der Waals surface area (Å²) in [6.45, 7) is 2.05. The topological polar surface area (TPSA) is 65.7 Å². The fourth-order valence-electron chi connectivity index (χ4n) is 3.45. The molecule has 0 saturated heterocycles. The molecule has 0 bridgehead atoms. The van der Waals surface area contributed by atoms with Crippen LogP contribution in [0.3, 0.4) is 0 Å². The van der Waals surface area contributed by atoms with Crippen molar-refractivity contribution in [2.24, 2.45) is 0 Å². The summed E-state index contributed by atoms with van der Waals surface area (Å²) in [6, 6.07) is 12.1. The van der Waals surface area contributed by atoms with Crippen LogP contribution in [0, 0.1) is 0 Å². The van der Waals surface area contributed by atoms with Gasteiger partial charge in [-0.2, -0.15) is 5.10 Å². The first-order valence-electron chi connectivity index (χ1n) is 9.20. The van der Waals surface area contributed by atoms with E-state index < -0.39 is 6.10 Å². The van der Waals surface area contributed by atoms with Gasteiger partial charge in [0.1, 0.15) is 6.73 Å². The molecule has 1 aromatic carbocycles. The molecule has 1 N–H and O–H groups in total. The monoisotopic (exact) mass is 360 g/mol. The van der Waals surface area contributed by atoms with E-state index in [1.807, 2.05) is 28.9 Å². The van der Waals surface area contributed by atoms with Crippen LogP contribution in [0.5, 0.6) is 0 Å². The lowest BCUT2D eigenvalue weighted by molar-refractivity contribution is -0.0340. The van der Waals surface area contributed by atoms with Gasteiger partial charge in [0.15, 0.2) is 0 Å². The highest BCUT2D eigenvalue weighted by Gasteiger charge is 2.32. The molecule has 1 saturated carbocycles. The van der Waals surface area contributed by atoms with Crippen molar-refractivity contribution in [2.45, 2.75) is 50.7 Å². The fourth-order valence-corrected chi connectivity index (χ4v) is 3.45. The van der Waals surface area contributed by atoms with Crippen molar-refractivity contribution in [1.29, 1.82) is 0 Å². The normalized spacial score (nSPS) is 23.2. The summed E-state index contributed by atoms with van der Waals surface area (Å²) in [5, 5.41) is 15.0. The van der Waals surface area contributed by atoms with E-state index in [4.69, 9.17) is 14.2 Å². The molecule has 3 atom stereocenters. The van der Waals surface area contributed by atoms with Crippen molar-refractivity contribution in [1.82, 2.24) is 9.78 Å². The molecule has 142 valence electrons. The molecule has 0 radical (unpaired) electrons. The Hall–Kier alpha value is -1.73. The van der Waals surface area contributed by atoms with Crippen molar-refractivity contribution in [3.8, 4) is 0 Å². The van der Waals surface area contributed by atoms with Gasteiger partial charge in [-0.15, -0.1) is 0 Å². The summed E-state index contributed by atoms with van der Waals surface area (Å²) in [4.78, 5) is 0. The van der Waals surface area contributed by atoms with Crippen molar-refractivity contribution in [3.05, 3.63) is 53.9 Å². The maximum absolute atomic E-state index is 10.7. The molecule has 1 aliphatic carbocycles. The van der Waals surface area contributed by atoms with Crippen molar-refractivity contribution in [2.75, 3.05) is 20.3 Å². The van der Waals surface area contributed by atoms with Crippen LogP contribution in [0.2, 0.25) is 0 Å². The minimum atomic E-state index is -0.432. The second-order valence-electron chi connectivity index (χ2n) is 6.69. The SMILES string of the molecule is COCCOCn1nccc1C1CCC(OCc2ccccc2)CC1O. The molecule has 26 heavy (non-hydrogen) atoms. The molecule has 0 aliphatic heterocycles. The van der Waals surface area contributed by atoms with Crippen LogP contribution >= 0.6 is 0 Å². The highest BCUT2D eigenvalue weighted by Crippen LogP contribution is 2.34. The minimum Gasteiger partial charge on any atom is -0.392 e. The Labute approximate surface area is 154 Å². The summed E-state index contributed by atoms with van der Waals surface area (Å²) >= 11 is 0.